The van der Waals surface area contributed by atoms with E-state index in [0.717, 1.165) is 39.1 Å². The summed E-state index contributed by atoms with van der Waals surface area (Å²) < 4.78 is 27.9. The molecular formula is C33H38N6O6. The van der Waals surface area contributed by atoms with Gasteiger partial charge in [0.15, 0.2) is 23.0 Å². The van der Waals surface area contributed by atoms with E-state index in [0.29, 0.717) is 48.2 Å². The van der Waals surface area contributed by atoms with Gasteiger partial charge in [0.05, 0.1) is 41.6 Å². The van der Waals surface area contributed by atoms with Gasteiger partial charge in [0.25, 0.3) is 0 Å². The number of carbonyl (C=O) groups is 1. The molecule has 0 radical (unpaired) electrons. The fourth-order valence-corrected chi connectivity index (χ4v) is 5.64. The molecular weight excluding hydrogens is 576 g/mol. The number of hydrogen-bond acceptors (Lipinski definition) is 11. The van der Waals surface area contributed by atoms with Crippen LogP contribution in [0, 0.1) is 0 Å². The smallest absolute Gasteiger partial charge is 0.237 e. The number of anilines is 2. The Kier molecular flexibility index (Phi) is 9.43. The molecule has 1 amide bonds. The molecule has 0 spiro atoms. The molecule has 3 aromatic carbocycles. The summed E-state index contributed by atoms with van der Waals surface area (Å²) in [5.74, 6) is 3.38. The highest BCUT2D eigenvalue weighted by molar-refractivity contribution is 5.78. The molecule has 0 saturated carbocycles. The van der Waals surface area contributed by atoms with Crippen LogP contribution >= 0.6 is 0 Å². The number of nitrogens with one attached hydrogen (secondary N) is 1. The van der Waals surface area contributed by atoms with E-state index in [9.17, 15) is 4.79 Å². The van der Waals surface area contributed by atoms with Gasteiger partial charge < -0.3 is 35.2 Å². The summed E-state index contributed by atoms with van der Waals surface area (Å²) in [7, 11) is 7.99. The zero-order valence-corrected chi connectivity index (χ0v) is 26.0. The second-order valence-electron chi connectivity index (χ2n) is 10.5. The zero-order valence-electron chi connectivity index (χ0n) is 26.0. The van der Waals surface area contributed by atoms with Gasteiger partial charge in [-0.15, -0.1) is 0 Å². The molecule has 0 fully saturated rings. The molecule has 5 N–H and O–H groups in total. The summed E-state index contributed by atoms with van der Waals surface area (Å²) in [5.41, 5.74) is 20.4. The van der Waals surface area contributed by atoms with Gasteiger partial charge in [-0.2, -0.15) is 4.98 Å². The van der Waals surface area contributed by atoms with Crippen LogP contribution in [0.1, 0.15) is 45.8 Å². The van der Waals surface area contributed by atoms with Crippen LogP contribution in [0.5, 0.6) is 28.7 Å². The number of nitrogens with zero attached hydrogens (tertiary/aromatic N) is 3. The van der Waals surface area contributed by atoms with Crippen molar-refractivity contribution in [1.82, 2.24) is 20.4 Å². The first kappa shape index (κ1) is 31.2. The maximum atomic E-state index is 14.0. The van der Waals surface area contributed by atoms with Crippen LogP contribution in [0.4, 0.5) is 11.8 Å². The van der Waals surface area contributed by atoms with E-state index >= 15 is 0 Å². The van der Waals surface area contributed by atoms with E-state index in [4.69, 9.17) is 35.2 Å². The van der Waals surface area contributed by atoms with E-state index in [1.165, 1.54) is 0 Å². The molecule has 12 heteroatoms. The molecule has 4 aromatic rings. The third-order valence-electron chi connectivity index (χ3n) is 7.87. The lowest BCUT2D eigenvalue weighted by Gasteiger charge is -2.38. The number of nitrogen functional groups attached to an aromatic ring is 2. The largest absolute Gasteiger partial charge is 0.497 e. The van der Waals surface area contributed by atoms with Crippen molar-refractivity contribution < 1.29 is 28.5 Å². The lowest BCUT2D eigenvalue weighted by molar-refractivity contribution is -0.137. The van der Waals surface area contributed by atoms with Crippen LogP contribution in [0.3, 0.4) is 0 Å². The summed E-state index contributed by atoms with van der Waals surface area (Å²) in [5, 5.41) is 1.69. The highest BCUT2D eigenvalue weighted by Crippen LogP contribution is 2.41. The Morgan fingerprint density at radius 3 is 2.24 bits per heavy atom. The van der Waals surface area contributed by atoms with Gasteiger partial charge in [0.2, 0.25) is 11.9 Å². The second-order valence-corrected chi connectivity index (χ2v) is 10.5. The van der Waals surface area contributed by atoms with Gasteiger partial charge in [0.1, 0.15) is 11.6 Å². The van der Waals surface area contributed by atoms with Crippen LogP contribution in [-0.4, -0.2) is 56.4 Å². The first-order valence-corrected chi connectivity index (χ1v) is 14.3. The molecule has 5 rings (SSSR count). The molecule has 12 nitrogen and oxygen atoms in total. The number of amides is 1. The zero-order chi connectivity index (χ0) is 32.1. The molecule has 1 aliphatic rings. The number of nitrogens with two attached hydrogens (primary N) is 2. The predicted octanol–water partition coefficient (Wildman–Crippen LogP) is 3.84. The Morgan fingerprint density at radius 2 is 1.60 bits per heavy atom. The SMILES string of the molecule is COc1ccc([C@H]2c3cc(OC)c(OC)cc3CNN2C(=O)CCc2cc(Cc3cnc(N)nc3N)cc(OC)c2OC)cc1. The number of benzene rings is 3. The molecule has 1 aromatic heterocycles. The number of aromatic nitrogens is 2. The molecule has 236 valence electrons. The molecule has 0 aliphatic carbocycles. The van der Waals surface area contributed by atoms with Crippen molar-refractivity contribution >= 4 is 17.7 Å². The van der Waals surface area contributed by atoms with Gasteiger partial charge >= 0.3 is 0 Å². The van der Waals surface area contributed by atoms with Crippen LogP contribution in [0.25, 0.3) is 0 Å². The molecule has 0 unspecified atom stereocenters. The maximum absolute atomic E-state index is 14.0. The monoisotopic (exact) mass is 614 g/mol. The first-order valence-electron chi connectivity index (χ1n) is 14.3. The highest BCUT2D eigenvalue weighted by atomic mass is 16.5. The molecule has 0 bridgehead atoms. The molecule has 1 atom stereocenters. The number of ether oxygens (including phenoxy) is 5. The van der Waals surface area contributed by atoms with Crippen LogP contribution in [0.2, 0.25) is 0 Å². The standard InChI is InChI=1S/C33H38N6O6/c1-41-24-9-6-20(7-10-24)30-25-16-27(43-3)26(42-2)15-22(25)18-37-39(30)29(40)11-8-21-12-19(14-28(44-4)31(21)45-5)13-23-17-36-33(35)38-32(23)34/h6-7,9-10,12,14-17,30,37H,8,11,13,18H2,1-5H3,(H4,34,35,36,38)/t30-/m0/s1. The van der Waals surface area contributed by atoms with Gasteiger partial charge in [-0.1, -0.05) is 18.2 Å². The Labute approximate surface area is 262 Å². The summed E-state index contributed by atoms with van der Waals surface area (Å²) in [6.07, 6.45) is 2.65. The summed E-state index contributed by atoms with van der Waals surface area (Å²) in [4.78, 5) is 22.2. The molecule has 2 heterocycles. The lowest BCUT2D eigenvalue weighted by Crippen LogP contribution is -2.48. The third-order valence-corrected chi connectivity index (χ3v) is 7.87. The Balaban J connectivity index is 1.46. The second kappa shape index (κ2) is 13.6. The number of aryl methyl sites for hydroxylation is 1. The lowest BCUT2D eigenvalue weighted by atomic mass is 9.91. The number of fused-ring (bicyclic) bond motifs is 1. The van der Waals surface area contributed by atoms with E-state index < -0.39 is 6.04 Å². The number of rotatable bonds is 11. The van der Waals surface area contributed by atoms with E-state index in [-0.39, 0.29) is 18.3 Å². The summed E-state index contributed by atoms with van der Waals surface area (Å²) >= 11 is 0. The highest BCUT2D eigenvalue weighted by Gasteiger charge is 2.33. The Bertz CT molecular complexity index is 1680. The molecule has 1 aliphatic heterocycles. The minimum Gasteiger partial charge on any atom is -0.497 e. The minimum atomic E-state index is -0.428. The summed E-state index contributed by atoms with van der Waals surface area (Å²) in [6, 6.07) is 15.0. The average molecular weight is 615 g/mol. The number of hydrogen-bond donors (Lipinski definition) is 3. The predicted molar refractivity (Wildman–Crippen MR) is 170 cm³/mol. The first-order chi connectivity index (χ1) is 21.8. The number of methoxy groups -OCH3 is 5. The Morgan fingerprint density at radius 1 is 0.889 bits per heavy atom. The van der Waals surface area contributed by atoms with E-state index in [1.807, 2.05) is 48.5 Å². The van der Waals surface area contributed by atoms with Gasteiger partial charge in [-0.3, -0.25) is 9.80 Å². The fourth-order valence-electron chi connectivity index (χ4n) is 5.64. The molecule has 45 heavy (non-hydrogen) atoms. The maximum Gasteiger partial charge on any atom is 0.237 e. The van der Waals surface area contributed by atoms with Gasteiger partial charge in [-0.25, -0.2) is 10.4 Å². The van der Waals surface area contributed by atoms with Crippen molar-refractivity contribution in [3.8, 4) is 28.7 Å². The van der Waals surface area contributed by atoms with Crippen molar-refractivity contribution in [2.75, 3.05) is 47.0 Å². The van der Waals surface area contributed by atoms with Gasteiger partial charge in [-0.05, 0) is 64.6 Å². The number of carbonyl (C=O) groups excluding carboxylic acids is 1. The number of hydrazine groups is 1. The van der Waals surface area contributed by atoms with Crippen molar-refractivity contribution in [2.24, 2.45) is 0 Å². The van der Waals surface area contributed by atoms with E-state index in [1.54, 1.807) is 46.8 Å². The van der Waals surface area contributed by atoms with E-state index in [2.05, 4.69) is 15.4 Å². The van der Waals surface area contributed by atoms with Gasteiger partial charge in [0, 0.05) is 31.1 Å². The Hall–Kier alpha value is -5.23. The third kappa shape index (κ3) is 6.50. The average Bonchev–Trinajstić information content (AvgIpc) is 3.06. The fraction of sp³-hybridized carbons (Fsp3) is 0.303. The van der Waals surface area contributed by atoms with Crippen LogP contribution in [0.15, 0.2) is 54.7 Å². The topological polar surface area (TPSA) is 156 Å². The summed E-state index contributed by atoms with van der Waals surface area (Å²) in [6.45, 7) is 0.436. The van der Waals surface area contributed by atoms with Crippen LogP contribution < -0.4 is 40.6 Å². The van der Waals surface area contributed by atoms with Crippen molar-refractivity contribution in [3.05, 3.63) is 88.1 Å². The molecule has 0 saturated heterocycles. The van der Waals surface area contributed by atoms with Crippen molar-refractivity contribution in [3.63, 3.8) is 0 Å². The normalized spacial score (nSPS) is 14.0. The van der Waals surface area contributed by atoms with Crippen LogP contribution in [-0.2, 0) is 24.2 Å². The van der Waals surface area contributed by atoms with Crippen molar-refractivity contribution in [2.45, 2.75) is 31.8 Å². The quantitative estimate of drug-likeness (QED) is 0.226. The van der Waals surface area contributed by atoms with Crippen molar-refractivity contribution in [1.29, 1.82) is 0 Å². The minimum absolute atomic E-state index is 0.0983.